The Morgan fingerprint density at radius 1 is 1.45 bits per heavy atom. The summed E-state index contributed by atoms with van der Waals surface area (Å²) in [5, 5.41) is 13.7. The summed E-state index contributed by atoms with van der Waals surface area (Å²) in [5.74, 6) is 0.278. The normalized spacial score (nSPS) is 10.6. The second kappa shape index (κ2) is 1.99. The number of benzene rings is 1. The lowest BCUT2D eigenvalue weighted by molar-refractivity contribution is 0.454. The van der Waals surface area contributed by atoms with Gasteiger partial charge in [-0.1, -0.05) is 5.16 Å². The number of rotatable bonds is 0. The molecule has 0 radical (unpaired) electrons. The Hall–Kier alpha value is -1.51. The molecule has 3 nitrogen and oxygen atoms in total. The largest absolute Gasteiger partial charge is 0.508 e. The lowest BCUT2D eigenvalue weighted by Gasteiger charge is -1.94. The van der Waals surface area contributed by atoms with Crippen molar-refractivity contribution in [2.75, 3.05) is 0 Å². The van der Waals surface area contributed by atoms with E-state index in [0.717, 1.165) is 10.9 Å². The summed E-state index contributed by atoms with van der Waals surface area (Å²) < 4.78 is 4.89. The molecule has 0 fully saturated rings. The smallest absolute Gasteiger partial charge is 0.167 e. The fourth-order valence-electron chi connectivity index (χ4n) is 1.01. The van der Waals surface area contributed by atoms with Crippen molar-refractivity contribution in [2.45, 2.75) is 6.92 Å². The minimum atomic E-state index is 0.278. The Morgan fingerprint density at radius 3 is 3.09 bits per heavy atom. The third kappa shape index (κ3) is 0.852. The van der Waals surface area contributed by atoms with Crippen molar-refractivity contribution >= 4 is 11.0 Å². The lowest BCUT2D eigenvalue weighted by atomic mass is 10.2. The van der Waals surface area contributed by atoms with Crippen LogP contribution in [0.15, 0.2) is 22.9 Å². The summed E-state index contributed by atoms with van der Waals surface area (Å²) >= 11 is 0. The van der Waals surface area contributed by atoms with Gasteiger partial charge in [0.15, 0.2) is 5.58 Å². The molecule has 0 aliphatic heterocycles. The zero-order valence-corrected chi connectivity index (χ0v) is 6.03. The van der Waals surface area contributed by atoms with Gasteiger partial charge in [0.1, 0.15) is 5.75 Å². The molecule has 0 spiro atoms. The van der Waals surface area contributed by atoms with Crippen LogP contribution < -0.4 is 0 Å². The zero-order valence-electron chi connectivity index (χ0n) is 6.03. The third-order valence-electron chi connectivity index (χ3n) is 1.67. The maximum Gasteiger partial charge on any atom is 0.167 e. The monoisotopic (exact) mass is 149 g/mol. The van der Waals surface area contributed by atoms with Crippen LogP contribution in [0.4, 0.5) is 0 Å². The number of nitrogens with zero attached hydrogens (tertiary/aromatic N) is 1. The molecule has 0 saturated carbocycles. The van der Waals surface area contributed by atoms with Crippen molar-refractivity contribution in [3.05, 3.63) is 23.9 Å². The highest BCUT2D eigenvalue weighted by Crippen LogP contribution is 2.23. The molecule has 0 unspecified atom stereocenters. The first-order valence-electron chi connectivity index (χ1n) is 3.31. The number of aromatic nitrogens is 1. The second-order valence-corrected chi connectivity index (χ2v) is 2.50. The second-order valence-electron chi connectivity index (χ2n) is 2.50. The summed E-state index contributed by atoms with van der Waals surface area (Å²) in [6, 6.07) is 3.40. The van der Waals surface area contributed by atoms with Crippen molar-refractivity contribution < 1.29 is 9.63 Å². The highest BCUT2D eigenvalue weighted by molar-refractivity contribution is 5.78. The van der Waals surface area contributed by atoms with E-state index >= 15 is 0 Å². The van der Waals surface area contributed by atoms with Gasteiger partial charge in [0.25, 0.3) is 0 Å². The van der Waals surface area contributed by atoms with Crippen LogP contribution in [0.1, 0.15) is 5.56 Å². The number of aromatic hydroxyl groups is 1. The molecule has 0 amide bonds. The molecule has 1 aromatic heterocycles. The molecule has 0 atom stereocenters. The molecule has 3 heteroatoms. The van der Waals surface area contributed by atoms with E-state index in [4.69, 9.17) is 4.52 Å². The molecule has 2 aromatic rings. The molecule has 1 aromatic carbocycles. The van der Waals surface area contributed by atoms with E-state index in [1.807, 2.05) is 6.92 Å². The van der Waals surface area contributed by atoms with Crippen LogP contribution in [-0.4, -0.2) is 10.3 Å². The molecule has 2 rings (SSSR count). The van der Waals surface area contributed by atoms with E-state index in [-0.39, 0.29) is 5.75 Å². The molecule has 0 aliphatic carbocycles. The molecular formula is C8H7NO2. The van der Waals surface area contributed by atoms with E-state index in [1.54, 1.807) is 18.3 Å². The summed E-state index contributed by atoms with van der Waals surface area (Å²) in [5.41, 5.74) is 1.51. The van der Waals surface area contributed by atoms with Crippen LogP contribution in [0.3, 0.4) is 0 Å². The van der Waals surface area contributed by atoms with Gasteiger partial charge >= 0.3 is 0 Å². The fraction of sp³-hybridized carbons (Fsp3) is 0.125. The lowest BCUT2D eigenvalue weighted by Crippen LogP contribution is -1.72. The number of fused-ring (bicyclic) bond motifs is 1. The zero-order chi connectivity index (χ0) is 7.84. The van der Waals surface area contributed by atoms with Crippen molar-refractivity contribution in [1.29, 1.82) is 0 Å². The van der Waals surface area contributed by atoms with Gasteiger partial charge in [-0.2, -0.15) is 0 Å². The molecular weight excluding hydrogens is 142 g/mol. The third-order valence-corrected chi connectivity index (χ3v) is 1.67. The van der Waals surface area contributed by atoms with Gasteiger partial charge in [-0.05, 0) is 24.6 Å². The van der Waals surface area contributed by atoms with Crippen molar-refractivity contribution in [1.82, 2.24) is 5.16 Å². The molecule has 1 heterocycles. The Labute approximate surface area is 63.2 Å². The molecule has 0 aliphatic rings. The number of phenolic OH excluding ortho intramolecular Hbond substituents is 1. The Bertz CT molecular complexity index is 356. The van der Waals surface area contributed by atoms with E-state index in [2.05, 4.69) is 5.16 Å². The first-order valence-corrected chi connectivity index (χ1v) is 3.31. The first kappa shape index (κ1) is 6.22. The Morgan fingerprint density at radius 2 is 2.27 bits per heavy atom. The topological polar surface area (TPSA) is 46.3 Å². The van der Waals surface area contributed by atoms with Gasteiger partial charge < -0.3 is 9.63 Å². The summed E-state index contributed by atoms with van der Waals surface area (Å²) in [7, 11) is 0. The van der Waals surface area contributed by atoms with Crippen molar-refractivity contribution in [3.8, 4) is 5.75 Å². The van der Waals surface area contributed by atoms with Gasteiger partial charge in [-0.3, -0.25) is 0 Å². The van der Waals surface area contributed by atoms with Crippen LogP contribution in [0, 0.1) is 6.92 Å². The Kier molecular flexibility index (Phi) is 1.12. The van der Waals surface area contributed by atoms with Gasteiger partial charge in [-0.25, -0.2) is 0 Å². The van der Waals surface area contributed by atoms with E-state index < -0.39 is 0 Å². The number of aryl methyl sites for hydroxylation is 1. The van der Waals surface area contributed by atoms with Crippen LogP contribution in [-0.2, 0) is 0 Å². The molecule has 11 heavy (non-hydrogen) atoms. The SMILES string of the molecule is Cc1cc2oncc2cc1O. The van der Waals surface area contributed by atoms with Crippen LogP contribution >= 0.6 is 0 Å². The average molecular weight is 149 g/mol. The fourth-order valence-corrected chi connectivity index (χ4v) is 1.01. The number of phenols is 1. The van der Waals surface area contributed by atoms with E-state index in [1.165, 1.54) is 0 Å². The van der Waals surface area contributed by atoms with Crippen LogP contribution in [0.2, 0.25) is 0 Å². The molecule has 1 N–H and O–H groups in total. The first-order chi connectivity index (χ1) is 5.27. The predicted octanol–water partition coefficient (Wildman–Crippen LogP) is 1.84. The van der Waals surface area contributed by atoms with Gasteiger partial charge in [0.2, 0.25) is 0 Å². The summed E-state index contributed by atoms with van der Waals surface area (Å²) in [4.78, 5) is 0. The van der Waals surface area contributed by atoms with Gasteiger partial charge in [0, 0.05) is 5.39 Å². The van der Waals surface area contributed by atoms with E-state index in [9.17, 15) is 5.11 Å². The maximum absolute atomic E-state index is 9.27. The average Bonchev–Trinajstić information content (AvgIpc) is 2.36. The Balaban J connectivity index is 2.86. The summed E-state index contributed by atoms with van der Waals surface area (Å²) in [6.07, 6.45) is 1.58. The maximum atomic E-state index is 9.27. The molecule has 56 valence electrons. The van der Waals surface area contributed by atoms with Crippen molar-refractivity contribution in [3.63, 3.8) is 0 Å². The standard InChI is InChI=1S/C8H7NO2/c1-5-2-8-6(3-7(5)10)4-9-11-8/h2-4,10H,1H3. The number of hydrogen-bond acceptors (Lipinski definition) is 3. The summed E-state index contributed by atoms with van der Waals surface area (Å²) in [6.45, 7) is 1.82. The predicted molar refractivity (Wildman–Crippen MR) is 40.4 cm³/mol. The van der Waals surface area contributed by atoms with Crippen LogP contribution in [0.5, 0.6) is 5.75 Å². The van der Waals surface area contributed by atoms with Gasteiger partial charge in [0.05, 0.1) is 6.20 Å². The quantitative estimate of drug-likeness (QED) is 0.621. The minimum absolute atomic E-state index is 0.278. The van der Waals surface area contributed by atoms with Gasteiger partial charge in [-0.15, -0.1) is 0 Å². The number of hydrogen-bond donors (Lipinski definition) is 1. The molecule has 0 bridgehead atoms. The highest BCUT2D eigenvalue weighted by Gasteiger charge is 2.01. The molecule has 0 saturated heterocycles. The van der Waals surface area contributed by atoms with E-state index in [0.29, 0.717) is 5.58 Å². The highest BCUT2D eigenvalue weighted by atomic mass is 16.5. The minimum Gasteiger partial charge on any atom is -0.508 e. The van der Waals surface area contributed by atoms with Crippen molar-refractivity contribution in [2.24, 2.45) is 0 Å². The van der Waals surface area contributed by atoms with Crippen LogP contribution in [0.25, 0.3) is 11.0 Å².